The first-order valence-electron chi connectivity index (χ1n) is 6.76. The summed E-state index contributed by atoms with van der Waals surface area (Å²) in [5.41, 5.74) is 1.61. The second-order valence-corrected chi connectivity index (χ2v) is 5.41. The molecule has 2 aromatic rings. The minimum atomic E-state index is -0.554. The maximum absolute atomic E-state index is 11.6. The zero-order chi connectivity index (χ0) is 16.7. The van der Waals surface area contributed by atoms with Crippen LogP contribution < -0.4 is 10.1 Å². The summed E-state index contributed by atoms with van der Waals surface area (Å²) in [4.78, 5) is 11.6. The number of ether oxygens (including phenoxy) is 2. The van der Waals surface area contributed by atoms with Crippen molar-refractivity contribution < 1.29 is 14.3 Å². The fourth-order valence-corrected chi connectivity index (χ4v) is 2.22. The molecular formula is C17H15Cl2NO3. The van der Waals surface area contributed by atoms with Crippen LogP contribution in [-0.4, -0.2) is 13.2 Å². The molecule has 0 unspecified atom stereocenters. The van der Waals surface area contributed by atoms with E-state index in [2.05, 4.69) is 5.32 Å². The van der Waals surface area contributed by atoms with Crippen LogP contribution in [0.25, 0.3) is 6.08 Å². The molecule has 1 amide bonds. The van der Waals surface area contributed by atoms with E-state index in [0.717, 1.165) is 16.9 Å². The summed E-state index contributed by atoms with van der Waals surface area (Å²) >= 11 is 11.8. The van der Waals surface area contributed by atoms with Crippen LogP contribution in [0, 0.1) is 0 Å². The van der Waals surface area contributed by atoms with Gasteiger partial charge in [-0.25, -0.2) is 4.79 Å². The number of carbonyl (C=O) groups excluding carboxylic acids is 1. The molecule has 120 valence electrons. The number of amides is 1. The van der Waals surface area contributed by atoms with E-state index in [1.54, 1.807) is 43.5 Å². The molecule has 0 aliphatic rings. The van der Waals surface area contributed by atoms with Crippen molar-refractivity contribution in [2.45, 2.75) is 6.61 Å². The topological polar surface area (TPSA) is 47.6 Å². The number of nitrogens with one attached hydrogen (secondary N) is 1. The van der Waals surface area contributed by atoms with Gasteiger partial charge in [0.25, 0.3) is 0 Å². The first-order valence-corrected chi connectivity index (χ1v) is 7.52. The molecule has 0 saturated carbocycles. The van der Waals surface area contributed by atoms with Crippen LogP contribution in [0.2, 0.25) is 10.0 Å². The minimum absolute atomic E-state index is 0.172. The van der Waals surface area contributed by atoms with E-state index in [1.807, 2.05) is 12.1 Å². The molecule has 0 aromatic heterocycles. The molecule has 0 atom stereocenters. The van der Waals surface area contributed by atoms with Crippen LogP contribution in [0.5, 0.6) is 5.75 Å². The van der Waals surface area contributed by atoms with Gasteiger partial charge in [-0.1, -0.05) is 41.4 Å². The van der Waals surface area contributed by atoms with Gasteiger partial charge in [0.15, 0.2) is 0 Å². The number of alkyl carbamates (subject to hydrolysis) is 1. The van der Waals surface area contributed by atoms with Gasteiger partial charge in [-0.05, 0) is 41.5 Å². The number of benzene rings is 2. The second-order valence-electron chi connectivity index (χ2n) is 4.57. The van der Waals surface area contributed by atoms with Gasteiger partial charge in [0.05, 0.1) is 7.11 Å². The Hall–Kier alpha value is -2.17. The van der Waals surface area contributed by atoms with Crippen LogP contribution >= 0.6 is 23.2 Å². The van der Waals surface area contributed by atoms with E-state index in [1.165, 1.54) is 6.20 Å². The maximum atomic E-state index is 11.6. The molecule has 2 rings (SSSR count). The van der Waals surface area contributed by atoms with Crippen LogP contribution in [0.4, 0.5) is 4.79 Å². The number of hydrogen-bond donors (Lipinski definition) is 1. The average Bonchev–Trinajstić information content (AvgIpc) is 2.55. The lowest BCUT2D eigenvalue weighted by Crippen LogP contribution is -2.18. The molecule has 1 N–H and O–H groups in total. The molecule has 0 bridgehead atoms. The van der Waals surface area contributed by atoms with Crippen molar-refractivity contribution in [2.24, 2.45) is 0 Å². The highest BCUT2D eigenvalue weighted by Crippen LogP contribution is 2.21. The number of methoxy groups -OCH3 is 1. The molecule has 2 aromatic carbocycles. The smallest absolute Gasteiger partial charge is 0.411 e. The number of rotatable bonds is 5. The molecule has 0 saturated heterocycles. The first-order chi connectivity index (χ1) is 11.1. The van der Waals surface area contributed by atoms with E-state index in [0.29, 0.717) is 10.0 Å². The Morgan fingerprint density at radius 1 is 1.17 bits per heavy atom. The van der Waals surface area contributed by atoms with E-state index < -0.39 is 6.09 Å². The fourth-order valence-electron chi connectivity index (χ4n) is 1.75. The molecule has 23 heavy (non-hydrogen) atoms. The number of halogens is 2. The van der Waals surface area contributed by atoms with Crippen molar-refractivity contribution in [1.29, 1.82) is 0 Å². The Morgan fingerprint density at radius 3 is 2.57 bits per heavy atom. The Labute approximate surface area is 144 Å². The summed E-state index contributed by atoms with van der Waals surface area (Å²) in [6.45, 7) is 0.172. The average molecular weight is 352 g/mol. The van der Waals surface area contributed by atoms with Crippen molar-refractivity contribution >= 4 is 35.4 Å². The normalized spacial score (nSPS) is 10.6. The van der Waals surface area contributed by atoms with E-state index in [4.69, 9.17) is 32.7 Å². The molecular weight excluding hydrogens is 337 g/mol. The molecule has 0 aliphatic carbocycles. The predicted molar refractivity (Wildman–Crippen MR) is 91.8 cm³/mol. The van der Waals surface area contributed by atoms with Crippen molar-refractivity contribution in [3.63, 3.8) is 0 Å². The summed E-state index contributed by atoms with van der Waals surface area (Å²) in [5.74, 6) is 0.751. The Kier molecular flexibility index (Phi) is 6.32. The molecule has 0 aliphatic heterocycles. The zero-order valence-corrected chi connectivity index (χ0v) is 13.9. The molecule has 0 spiro atoms. The summed E-state index contributed by atoms with van der Waals surface area (Å²) in [5, 5.41) is 3.56. The van der Waals surface area contributed by atoms with Gasteiger partial charge < -0.3 is 9.47 Å². The lowest BCUT2D eigenvalue weighted by molar-refractivity contribution is 0.143. The van der Waals surface area contributed by atoms with Crippen molar-refractivity contribution in [3.05, 3.63) is 69.8 Å². The van der Waals surface area contributed by atoms with Gasteiger partial charge in [-0.15, -0.1) is 0 Å². The van der Waals surface area contributed by atoms with Crippen LogP contribution in [-0.2, 0) is 11.3 Å². The van der Waals surface area contributed by atoms with Crippen molar-refractivity contribution in [3.8, 4) is 5.75 Å². The van der Waals surface area contributed by atoms with Crippen LogP contribution in [0.3, 0.4) is 0 Å². The Balaban J connectivity index is 1.81. The van der Waals surface area contributed by atoms with E-state index in [-0.39, 0.29) is 6.61 Å². The van der Waals surface area contributed by atoms with E-state index >= 15 is 0 Å². The lowest BCUT2D eigenvalue weighted by Gasteiger charge is -2.05. The van der Waals surface area contributed by atoms with Crippen molar-refractivity contribution in [1.82, 2.24) is 5.32 Å². The Morgan fingerprint density at radius 2 is 1.91 bits per heavy atom. The van der Waals surface area contributed by atoms with Crippen molar-refractivity contribution in [2.75, 3.05) is 7.11 Å². The monoisotopic (exact) mass is 351 g/mol. The minimum Gasteiger partial charge on any atom is -0.497 e. The third kappa shape index (κ3) is 5.51. The highest BCUT2D eigenvalue weighted by atomic mass is 35.5. The molecule has 4 nitrogen and oxygen atoms in total. The zero-order valence-electron chi connectivity index (χ0n) is 12.4. The molecule has 0 fully saturated rings. The van der Waals surface area contributed by atoms with Gasteiger partial charge in [-0.3, -0.25) is 5.32 Å². The summed E-state index contributed by atoms with van der Waals surface area (Å²) in [6, 6.07) is 12.4. The fraction of sp³-hybridized carbons (Fsp3) is 0.118. The lowest BCUT2D eigenvalue weighted by atomic mass is 10.2. The molecule has 0 heterocycles. The largest absolute Gasteiger partial charge is 0.497 e. The molecule has 0 radical (unpaired) electrons. The van der Waals surface area contributed by atoms with Gasteiger partial charge >= 0.3 is 6.09 Å². The van der Waals surface area contributed by atoms with Gasteiger partial charge in [0.1, 0.15) is 12.4 Å². The highest BCUT2D eigenvalue weighted by Gasteiger charge is 2.01. The van der Waals surface area contributed by atoms with Crippen LogP contribution in [0.15, 0.2) is 48.7 Å². The highest BCUT2D eigenvalue weighted by molar-refractivity contribution is 6.35. The van der Waals surface area contributed by atoms with Gasteiger partial charge in [0.2, 0.25) is 0 Å². The summed E-state index contributed by atoms with van der Waals surface area (Å²) in [6.07, 6.45) is 2.57. The third-order valence-electron chi connectivity index (χ3n) is 2.96. The number of carbonyl (C=O) groups is 1. The Bertz CT molecular complexity index is 699. The number of hydrogen-bond acceptors (Lipinski definition) is 3. The van der Waals surface area contributed by atoms with E-state index in [9.17, 15) is 4.79 Å². The van der Waals surface area contributed by atoms with Gasteiger partial charge in [0, 0.05) is 16.2 Å². The maximum Gasteiger partial charge on any atom is 0.411 e. The van der Waals surface area contributed by atoms with Crippen LogP contribution in [0.1, 0.15) is 11.1 Å². The first kappa shape index (κ1) is 17.2. The summed E-state index contributed by atoms with van der Waals surface area (Å²) in [7, 11) is 1.60. The summed E-state index contributed by atoms with van der Waals surface area (Å²) < 4.78 is 10.2. The quantitative estimate of drug-likeness (QED) is 0.833. The predicted octanol–water partition coefficient (Wildman–Crippen LogP) is 4.90. The molecule has 6 heteroatoms. The SMILES string of the molecule is COc1ccc(COC(=O)N/C=C/c2ccc(Cl)cc2Cl)cc1. The second kappa shape index (κ2) is 8.46. The third-order valence-corrected chi connectivity index (χ3v) is 3.52. The van der Waals surface area contributed by atoms with Gasteiger partial charge in [-0.2, -0.15) is 0 Å². The standard InChI is InChI=1S/C17H15Cl2NO3/c1-22-15-6-2-12(3-7-15)11-23-17(21)20-9-8-13-4-5-14(18)10-16(13)19/h2-10H,11H2,1H3,(H,20,21)/b9-8+.